The summed E-state index contributed by atoms with van der Waals surface area (Å²) in [5.41, 5.74) is 7.03. The minimum Gasteiger partial charge on any atom is -0.383 e. The zero-order valence-corrected chi connectivity index (χ0v) is 8.36. The van der Waals surface area contributed by atoms with Crippen molar-refractivity contribution in [1.82, 2.24) is 0 Å². The zero-order valence-electron chi connectivity index (χ0n) is 6.57. The summed E-state index contributed by atoms with van der Waals surface area (Å²) in [5.74, 6) is 0.509. The number of benzene rings is 1. The highest BCUT2D eigenvalue weighted by molar-refractivity contribution is 7.80. The van der Waals surface area contributed by atoms with Gasteiger partial charge in [-0.05, 0) is 12.1 Å². The lowest BCUT2D eigenvalue weighted by Crippen LogP contribution is -2.11. The molecule has 3 nitrogen and oxygen atoms in total. The highest BCUT2D eigenvalue weighted by Crippen LogP contribution is 2.28. The summed E-state index contributed by atoms with van der Waals surface area (Å²) in [5, 5.41) is 7.55. The lowest BCUT2D eigenvalue weighted by molar-refractivity contribution is 1.30. The van der Waals surface area contributed by atoms with E-state index in [-0.39, 0.29) is 5.84 Å². The summed E-state index contributed by atoms with van der Waals surface area (Å²) in [4.78, 5) is 5.30. The quantitative estimate of drug-likeness (QED) is 0.478. The van der Waals surface area contributed by atoms with Crippen molar-refractivity contribution < 1.29 is 0 Å². The molecule has 0 aliphatic carbocycles. The molecular weight excluding hydrogens is 202 g/mol. The summed E-state index contributed by atoms with van der Waals surface area (Å²) in [6, 6.07) is 3.58. The molecule has 1 aromatic rings. The van der Waals surface area contributed by atoms with Crippen molar-refractivity contribution >= 4 is 36.9 Å². The summed E-state index contributed by atoms with van der Waals surface area (Å²) < 4.78 is 0. The van der Waals surface area contributed by atoms with Gasteiger partial charge in [0.2, 0.25) is 0 Å². The molecule has 2 rings (SSSR count). The molecule has 0 spiro atoms. The van der Waals surface area contributed by atoms with Gasteiger partial charge in [-0.3, -0.25) is 5.41 Å². The molecule has 0 saturated carbocycles. The Kier molecular flexibility index (Phi) is 1.85. The van der Waals surface area contributed by atoms with Crippen molar-refractivity contribution in [3.05, 3.63) is 23.3 Å². The van der Waals surface area contributed by atoms with E-state index in [4.69, 9.17) is 11.1 Å². The lowest BCUT2D eigenvalue weighted by Gasteiger charge is -2.04. The Bertz CT molecular complexity index is 437. The number of amidine groups is 2. The summed E-state index contributed by atoms with van der Waals surface area (Å²) in [6.07, 6.45) is 0. The number of aliphatic imine (C=N–C) groups is 1. The first kappa shape index (κ1) is 8.65. The first-order chi connectivity index (χ1) is 6.11. The van der Waals surface area contributed by atoms with Crippen LogP contribution in [0, 0.1) is 5.41 Å². The van der Waals surface area contributed by atoms with Crippen molar-refractivity contribution in [3.8, 4) is 0 Å². The Hall–Kier alpha value is -0.940. The van der Waals surface area contributed by atoms with Crippen molar-refractivity contribution in [3.63, 3.8) is 0 Å². The van der Waals surface area contributed by atoms with Crippen LogP contribution in [0.5, 0.6) is 0 Å². The zero-order chi connectivity index (χ0) is 9.59. The van der Waals surface area contributed by atoms with E-state index in [0.29, 0.717) is 16.3 Å². The molecule has 3 N–H and O–H groups in total. The molecule has 0 fully saturated rings. The molecule has 0 saturated heterocycles. The molecule has 0 bridgehead atoms. The molecule has 1 heterocycles. The van der Waals surface area contributed by atoms with Gasteiger partial charge in [-0.15, -0.1) is 25.3 Å². The van der Waals surface area contributed by atoms with E-state index in [1.807, 2.05) is 0 Å². The number of nitrogens with one attached hydrogen (secondary N) is 1. The SMILES string of the molecule is N=C1N=C(N)c2c(S)ccc(S)c21. The Balaban J connectivity index is 2.82. The van der Waals surface area contributed by atoms with Crippen LogP contribution in [0.4, 0.5) is 0 Å². The van der Waals surface area contributed by atoms with E-state index in [1.165, 1.54) is 0 Å². The fraction of sp³-hybridized carbons (Fsp3) is 0. The summed E-state index contributed by atoms with van der Waals surface area (Å²) in [7, 11) is 0. The van der Waals surface area contributed by atoms with Crippen LogP contribution >= 0.6 is 25.3 Å². The number of nitrogens with zero attached hydrogens (tertiary/aromatic N) is 1. The predicted octanol–water partition coefficient (Wildman–Crippen LogP) is 1.31. The minimum atomic E-state index is 0.161. The second-order valence-electron chi connectivity index (χ2n) is 2.70. The van der Waals surface area contributed by atoms with Gasteiger partial charge in [-0.1, -0.05) is 0 Å². The third-order valence-corrected chi connectivity index (χ3v) is 2.63. The highest BCUT2D eigenvalue weighted by Gasteiger charge is 2.22. The predicted molar refractivity (Wildman–Crippen MR) is 58.5 cm³/mol. The first-order valence-electron chi connectivity index (χ1n) is 3.59. The van der Waals surface area contributed by atoms with Crippen LogP contribution in [-0.2, 0) is 0 Å². The molecule has 66 valence electrons. The average molecular weight is 209 g/mol. The topological polar surface area (TPSA) is 62.2 Å². The van der Waals surface area contributed by atoms with E-state index in [2.05, 4.69) is 30.2 Å². The Labute approximate surface area is 86.4 Å². The van der Waals surface area contributed by atoms with E-state index in [1.54, 1.807) is 12.1 Å². The lowest BCUT2D eigenvalue weighted by atomic mass is 10.1. The fourth-order valence-electron chi connectivity index (χ4n) is 1.31. The van der Waals surface area contributed by atoms with E-state index < -0.39 is 0 Å². The number of nitrogens with two attached hydrogens (primary N) is 1. The van der Waals surface area contributed by atoms with Gasteiger partial charge in [0.25, 0.3) is 0 Å². The van der Waals surface area contributed by atoms with Gasteiger partial charge < -0.3 is 5.73 Å². The first-order valence-corrected chi connectivity index (χ1v) is 4.49. The number of fused-ring (bicyclic) bond motifs is 1. The number of hydrogen-bond donors (Lipinski definition) is 4. The minimum absolute atomic E-state index is 0.161. The van der Waals surface area contributed by atoms with Gasteiger partial charge in [0.1, 0.15) is 5.84 Å². The average Bonchev–Trinajstić information content (AvgIpc) is 2.36. The molecule has 1 aliphatic rings. The van der Waals surface area contributed by atoms with Gasteiger partial charge in [-0.2, -0.15) is 0 Å². The number of rotatable bonds is 0. The second-order valence-corrected chi connectivity index (χ2v) is 3.66. The van der Waals surface area contributed by atoms with Gasteiger partial charge in [0, 0.05) is 20.9 Å². The molecule has 1 aliphatic heterocycles. The molecule has 0 amide bonds. The van der Waals surface area contributed by atoms with Gasteiger partial charge in [-0.25, -0.2) is 4.99 Å². The van der Waals surface area contributed by atoms with Crippen LogP contribution < -0.4 is 5.73 Å². The standard InChI is InChI=1S/C8H7N3S2/c9-7-5-3(12)1-2-4(13)6(5)8(10)11-7/h1-2,12-13H,(H3,9,10,11). The summed E-state index contributed by atoms with van der Waals surface area (Å²) in [6.45, 7) is 0. The Morgan fingerprint density at radius 1 is 1.15 bits per heavy atom. The van der Waals surface area contributed by atoms with Gasteiger partial charge >= 0.3 is 0 Å². The molecule has 5 heteroatoms. The Morgan fingerprint density at radius 2 is 1.69 bits per heavy atom. The van der Waals surface area contributed by atoms with Crippen LogP contribution in [0.25, 0.3) is 0 Å². The van der Waals surface area contributed by atoms with E-state index >= 15 is 0 Å². The maximum atomic E-state index is 7.55. The Morgan fingerprint density at radius 3 is 2.23 bits per heavy atom. The van der Waals surface area contributed by atoms with Crippen LogP contribution in [-0.4, -0.2) is 11.7 Å². The van der Waals surface area contributed by atoms with Crippen LogP contribution in [0.2, 0.25) is 0 Å². The normalized spacial score (nSPS) is 14.3. The molecule has 0 radical (unpaired) electrons. The monoisotopic (exact) mass is 209 g/mol. The van der Waals surface area contributed by atoms with Crippen LogP contribution in [0.1, 0.15) is 11.1 Å². The molecule has 13 heavy (non-hydrogen) atoms. The highest BCUT2D eigenvalue weighted by atomic mass is 32.1. The van der Waals surface area contributed by atoms with Crippen molar-refractivity contribution in [1.29, 1.82) is 5.41 Å². The van der Waals surface area contributed by atoms with Crippen molar-refractivity contribution in [2.45, 2.75) is 9.79 Å². The molecule has 0 aromatic heterocycles. The third-order valence-electron chi connectivity index (χ3n) is 1.89. The number of thiol groups is 2. The molecule has 1 aromatic carbocycles. The smallest absolute Gasteiger partial charge is 0.156 e. The third kappa shape index (κ3) is 1.15. The fourth-order valence-corrected chi connectivity index (χ4v) is 1.91. The van der Waals surface area contributed by atoms with E-state index in [0.717, 1.165) is 10.5 Å². The van der Waals surface area contributed by atoms with Gasteiger partial charge in [0.15, 0.2) is 5.84 Å². The van der Waals surface area contributed by atoms with Crippen LogP contribution in [0.3, 0.4) is 0 Å². The summed E-state index contributed by atoms with van der Waals surface area (Å²) >= 11 is 8.47. The number of hydrogen-bond acceptors (Lipinski definition) is 4. The maximum absolute atomic E-state index is 7.55. The van der Waals surface area contributed by atoms with Crippen molar-refractivity contribution in [2.75, 3.05) is 0 Å². The van der Waals surface area contributed by atoms with Crippen LogP contribution in [0.15, 0.2) is 26.9 Å². The molecular formula is C8H7N3S2. The van der Waals surface area contributed by atoms with Crippen molar-refractivity contribution in [2.24, 2.45) is 10.7 Å². The maximum Gasteiger partial charge on any atom is 0.156 e. The van der Waals surface area contributed by atoms with Gasteiger partial charge in [0.05, 0.1) is 0 Å². The molecule has 0 atom stereocenters. The van der Waals surface area contributed by atoms with E-state index in [9.17, 15) is 0 Å². The molecule has 0 unspecified atom stereocenters. The second kappa shape index (κ2) is 2.78. The largest absolute Gasteiger partial charge is 0.383 e.